The lowest BCUT2D eigenvalue weighted by atomic mass is 10.2. The summed E-state index contributed by atoms with van der Waals surface area (Å²) in [6, 6.07) is 0. The first-order valence-corrected chi connectivity index (χ1v) is 16.6. The van der Waals surface area contributed by atoms with Gasteiger partial charge in [0.25, 0.3) is 0 Å². The molecule has 264 valence electrons. The van der Waals surface area contributed by atoms with Gasteiger partial charge in [-0.3, -0.25) is 0 Å². The molecule has 1 rings (SSSR count). The van der Waals surface area contributed by atoms with E-state index in [1.165, 1.54) is 30.4 Å². The summed E-state index contributed by atoms with van der Waals surface area (Å²) in [5.41, 5.74) is -1.78. The molecule has 0 saturated heterocycles. The molecule has 0 unspecified atom stereocenters. The van der Waals surface area contributed by atoms with E-state index in [0.29, 0.717) is 52.0 Å². The normalized spacial score (nSPS) is 9.83. The third-order valence-corrected chi connectivity index (χ3v) is 7.20. The molecule has 1 aromatic heterocycles. The van der Waals surface area contributed by atoms with Crippen LogP contribution in [0.2, 0.25) is 0 Å². The average molecular weight is 673 g/mol. The van der Waals surface area contributed by atoms with Crippen LogP contribution in [0.4, 0.5) is 0 Å². The molecule has 0 amide bonds. The summed E-state index contributed by atoms with van der Waals surface area (Å²) in [6.45, 7) is 2.96. The summed E-state index contributed by atoms with van der Waals surface area (Å²) in [5.74, 6) is 0. The van der Waals surface area contributed by atoms with Gasteiger partial charge in [-0.05, 0) is 51.4 Å². The zero-order valence-corrected chi connectivity index (χ0v) is 27.8. The summed E-state index contributed by atoms with van der Waals surface area (Å²) in [4.78, 5) is 106. The molecule has 0 aliphatic rings. The maximum atomic E-state index is 13.0. The van der Waals surface area contributed by atoms with Crippen LogP contribution in [0.25, 0.3) is 0 Å². The second-order valence-electron chi connectivity index (χ2n) is 10.8. The van der Waals surface area contributed by atoms with Crippen LogP contribution in [0, 0.1) is 0 Å². The molecule has 1 aromatic rings. The molecule has 0 radical (unpaired) electrons. The van der Waals surface area contributed by atoms with Gasteiger partial charge in [0, 0.05) is 19.6 Å². The van der Waals surface area contributed by atoms with Crippen LogP contribution in [0.15, 0.2) is 39.3 Å². The van der Waals surface area contributed by atoms with Crippen LogP contribution in [0.5, 0.6) is 0 Å². The highest BCUT2D eigenvalue weighted by Crippen LogP contribution is 2.04. The van der Waals surface area contributed by atoms with E-state index in [1.807, 2.05) is 0 Å². The predicted molar refractivity (Wildman–Crippen MR) is 178 cm³/mol. The molecule has 0 aliphatic heterocycles. The van der Waals surface area contributed by atoms with Crippen LogP contribution >= 0.6 is 0 Å². The Kier molecular flexibility index (Phi) is 29.1. The van der Waals surface area contributed by atoms with Crippen molar-refractivity contribution in [2.45, 2.75) is 122 Å². The van der Waals surface area contributed by atoms with Crippen molar-refractivity contribution in [1.82, 2.24) is 13.7 Å². The maximum Gasteiger partial charge on any atom is 0.336 e. The first-order valence-electron chi connectivity index (χ1n) is 16.6. The Hall–Kier alpha value is -4.69. The molecule has 16 nitrogen and oxygen atoms in total. The minimum atomic E-state index is -0.593. The van der Waals surface area contributed by atoms with Gasteiger partial charge in [0.1, 0.15) is 0 Å². The minimum Gasteiger partial charge on any atom is -0.247 e. The Morgan fingerprint density at radius 2 is 0.500 bits per heavy atom. The zero-order chi connectivity index (χ0) is 35.5. The van der Waals surface area contributed by atoms with Gasteiger partial charge >= 0.3 is 17.1 Å². The number of unbranched alkanes of at least 4 members (excludes halogenated alkanes) is 12. The number of carbonyl (C=O) groups excluding carboxylic acids is 5. The number of aliphatic imine (C=N–C) groups is 5. The number of nitrogens with zero attached hydrogens (tertiary/aromatic N) is 8. The molecule has 0 aliphatic carbocycles. The molecular weight excluding hydrogens is 624 g/mol. The lowest BCUT2D eigenvalue weighted by molar-refractivity contribution is 0.413. The van der Waals surface area contributed by atoms with Gasteiger partial charge < -0.3 is 0 Å². The fourth-order valence-corrected chi connectivity index (χ4v) is 4.66. The lowest BCUT2D eigenvalue weighted by Crippen LogP contribution is -2.54. The molecule has 0 aromatic carbocycles. The molecule has 0 N–H and O–H groups in total. The molecule has 48 heavy (non-hydrogen) atoms. The van der Waals surface area contributed by atoms with Gasteiger partial charge in [0.15, 0.2) is 0 Å². The second-order valence-corrected chi connectivity index (χ2v) is 10.8. The van der Waals surface area contributed by atoms with Crippen LogP contribution < -0.4 is 17.1 Å². The summed E-state index contributed by atoms with van der Waals surface area (Å²) in [6.07, 6.45) is 19.9. The monoisotopic (exact) mass is 672 g/mol. The Balaban J connectivity index is 0.00000155. The second kappa shape index (κ2) is 32.3. The Morgan fingerprint density at radius 1 is 0.312 bits per heavy atom. The molecule has 1 heterocycles. The van der Waals surface area contributed by atoms with Crippen molar-refractivity contribution in [2.75, 3.05) is 32.7 Å². The predicted octanol–water partition coefficient (Wildman–Crippen LogP) is 3.08. The maximum absolute atomic E-state index is 13.0. The third-order valence-electron chi connectivity index (χ3n) is 7.20. The summed E-state index contributed by atoms with van der Waals surface area (Å²) in [5, 5.41) is 0. The van der Waals surface area contributed by atoms with Crippen molar-refractivity contribution >= 4 is 30.4 Å². The van der Waals surface area contributed by atoms with Gasteiger partial charge in [0.2, 0.25) is 30.4 Å². The molecule has 0 spiro atoms. The number of rotatable bonds is 28. The summed E-state index contributed by atoms with van der Waals surface area (Å²) < 4.78 is 3.42. The number of isocyanates is 5. The van der Waals surface area contributed by atoms with Crippen LogP contribution in [0.1, 0.15) is 103 Å². The highest BCUT2D eigenvalue weighted by Gasteiger charge is 2.15. The Labute approximate surface area is 279 Å². The fraction of sp³-hybridized carbons (Fsp3) is 0.750. The van der Waals surface area contributed by atoms with E-state index >= 15 is 0 Å². The van der Waals surface area contributed by atoms with Crippen LogP contribution in [-0.2, 0) is 43.6 Å². The Morgan fingerprint density at radius 3 is 0.688 bits per heavy atom. The number of aromatic nitrogens is 3. The largest absolute Gasteiger partial charge is 0.336 e. The van der Waals surface area contributed by atoms with E-state index in [-0.39, 0.29) is 19.6 Å². The molecular formula is C32H48N8O8. The van der Waals surface area contributed by atoms with E-state index in [9.17, 15) is 38.4 Å². The van der Waals surface area contributed by atoms with Crippen molar-refractivity contribution in [2.24, 2.45) is 25.0 Å². The van der Waals surface area contributed by atoms with E-state index < -0.39 is 17.1 Å². The van der Waals surface area contributed by atoms with Crippen molar-refractivity contribution in [3.8, 4) is 0 Å². The van der Waals surface area contributed by atoms with Gasteiger partial charge in [-0.2, -0.15) is 0 Å². The SMILES string of the molecule is O=C=NCCCCCCN=C=O.O=C=NCCCCCCn1c(=O)n(CCCCCCN=C=O)c(=O)n(CCCCCCN=C=O)c1=O. The van der Waals surface area contributed by atoms with Gasteiger partial charge in [-0.15, -0.1) is 0 Å². The van der Waals surface area contributed by atoms with Gasteiger partial charge in [0.05, 0.1) is 32.7 Å². The van der Waals surface area contributed by atoms with Crippen molar-refractivity contribution in [3.63, 3.8) is 0 Å². The molecule has 16 heteroatoms. The van der Waals surface area contributed by atoms with Crippen LogP contribution in [0.3, 0.4) is 0 Å². The minimum absolute atomic E-state index is 0.211. The lowest BCUT2D eigenvalue weighted by Gasteiger charge is -2.14. The van der Waals surface area contributed by atoms with E-state index in [1.54, 1.807) is 0 Å². The molecule has 0 bridgehead atoms. The van der Waals surface area contributed by atoms with E-state index in [2.05, 4.69) is 25.0 Å². The van der Waals surface area contributed by atoms with Crippen LogP contribution in [-0.4, -0.2) is 76.8 Å². The Bertz CT molecular complexity index is 1260. The average Bonchev–Trinajstić information content (AvgIpc) is 3.09. The highest BCUT2D eigenvalue weighted by molar-refractivity contribution is 5.33. The smallest absolute Gasteiger partial charge is 0.247 e. The molecule has 0 atom stereocenters. The van der Waals surface area contributed by atoms with E-state index in [4.69, 9.17) is 0 Å². The summed E-state index contributed by atoms with van der Waals surface area (Å²) >= 11 is 0. The summed E-state index contributed by atoms with van der Waals surface area (Å²) in [7, 11) is 0. The van der Waals surface area contributed by atoms with Crippen molar-refractivity contribution < 1.29 is 24.0 Å². The fourth-order valence-electron chi connectivity index (χ4n) is 4.66. The topological polar surface area (TPSA) is 213 Å². The third kappa shape index (κ3) is 21.9. The quantitative estimate of drug-likeness (QED) is 0.0731. The molecule has 0 fully saturated rings. The van der Waals surface area contributed by atoms with Crippen molar-refractivity contribution in [1.29, 1.82) is 0 Å². The highest BCUT2D eigenvalue weighted by atomic mass is 16.2. The number of hydrogen-bond acceptors (Lipinski definition) is 13. The van der Waals surface area contributed by atoms with E-state index in [0.717, 1.165) is 97.2 Å². The van der Waals surface area contributed by atoms with Gasteiger partial charge in [-0.25, -0.2) is 77.0 Å². The first-order chi connectivity index (χ1) is 23.5. The van der Waals surface area contributed by atoms with Gasteiger partial charge in [-0.1, -0.05) is 51.4 Å². The standard InChI is InChI=1S/C24H36N6O6.C8H12N2O2/c31-19-25-13-7-1-4-10-16-28-22(34)29(17-11-5-2-8-14-26-20-32)24(36)30(23(28)35)18-12-6-3-9-15-27-21-33;11-7-9-5-3-1-2-4-6-10-8-12/h1-18H2;1-6H2. The molecule has 0 saturated carbocycles. The first kappa shape index (κ1) is 43.3. The number of hydrogen-bond donors (Lipinski definition) is 0. The zero-order valence-electron chi connectivity index (χ0n) is 27.8. The van der Waals surface area contributed by atoms with Crippen molar-refractivity contribution in [3.05, 3.63) is 31.5 Å².